The SMILES string of the molecule is CCNC(=O)N1[C@H]2CCC[C@@H](C)[C@@H](O)[C@H](C)C(=O)C(C)(C)[C@H](O)CC(=O)O[C@@H](C(C)=Cc3csc(C)n3)C[C@@H]21. The number of aromatic nitrogens is 1. The van der Waals surface area contributed by atoms with Crippen LogP contribution in [0.3, 0.4) is 0 Å². The lowest BCUT2D eigenvalue weighted by Gasteiger charge is -2.34. The van der Waals surface area contributed by atoms with Gasteiger partial charge < -0.3 is 25.2 Å². The molecular formula is C29H45N3O6S. The molecule has 0 bridgehead atoms. The summed E-state index contributed by atoms with van der Waals surface area (Å²) in [7, 11) is 0. The molecule has 3 rings (SSSR count). The van der Waals surface area contributed by atoms with Crippen molar-refractivity contribution in [1.82, 2.24) is 15.2 Å². The summed E-state index contributed by atoms with van der Waals surface area (Å²) in [5, 5.41) is 27.6. The van der Waals surface area contributed by atoms with Crippen LogP contribution in [0.25, 0.3) is 6.08 Å². The van der Waals surface area contributed by atoms with Crippen molar-refractivity contribution < 1.29 is 29.3 Å². The van der Waals surface area contributed by atoms with Gasteiger partial charge in [-0.3, -0.25) is 9.59 Å². The zero-order valence-corrected chi connectivity index (χ0v) is 25.1. The van der Waals surface area contributed by atoms with Crippen molar-refractivity contribution in [3.8, 4) is 0 Å². The van der Waals surface area contributed by atoms with Gasteiger partial charge in [-0.1, -0.05) is 34.1 Å². The average molecular weight is 564 g/mol. The maximum atomic E-state index is 13.3. The molecule has 7 atom stereocenters. The van der Waals surface area contributed by atoms with Crippen LogP contribution < -0.4 is 5.32 Å². The highest BCUT2D eigenvalue weighted by Crippen LogP contribution is 2.39. The molecule has 10 heteroatoms. The van der Waals surface area contributed by atoms with E-state index in [1.807, 2.05) is 44.1 Å². The van der Waals surface area contributed by atoms with Gasteiger partial charge in [0, 0.05) is 24.3 Å². The van der Waals surface area contributed by atoms with E-state index in [2.05, 4.69) is 10.3 Å². The molecule has 0 saturated carbocycles. The van der Waals surface area contributed by atoms with Gasteiger partial charge in [0.05, 0.1) is 46.8 Å². The van der Waals surface area contributed by atoms with Gasteiger partial charge in [-0.25, -0.2) is 9.78 Å². The number of carbonyl (C=O) groups is 3. The molecule has 3 N–H and O–H groups in total. The van der Waals surface area contributed by atoms with Crippen LogP contribution in [0, 0.1) is 24.2 Å². The molecule has 39 heavy (non-hydrogen) atoms. The van der Waals surface area contributed by atoms with Gasteiger partial charge in [-0.2, -0.15) is 0 Å². The van der Waals surface area contributed by atoms with Gasteiger partial charge in [-0.05, 0) is 51.2 Å². The summed E-state index contributed by atoms with van der Waals surface area (Å²) in [6.07, 6.45) is 1.42. The number of fused-ring (bicyclic) bond motifs is 1. The topological polar surface area (TPSA) is 129 Å². The molecule has 1 aromatic rings. The number of aliphatic hydroxyl groups is 2. The summed E-state index contributed by atoms with van der Waals surface area (Å²) in [6.45, 7) is 13.0. The van der Waals surface area contributed by atoms with E-state index in [-0.39, 0.29) is 36.2 Å². The van der Waals surface area contributed by atoms with Crippen LogP contribution in [0.15, 0.2) is 11.0 Å². The molecule has 2 fully saturated rings. The Morgan fingerprint density at radius 1 is 1.26 bits per heavy atom. The third-order valence-electron chi connectivity index (χ3n) is 8.38. The summed E-state index contributed by atoms with van der Waals surface area (Å²) in [5.41, 5.74) is 0.330. The first-order valence-corrected chi connectivity index (χ1v) is 14.9. The summed E-state index contributed by atoms with van der Waals surface area (Å²) < 4.78 is 5.93. The van der Waals surface area contributed by atoms with Crippen molar-refractivity contribution in [3.63, 3.8) is 0 Å². The number of rotatable bonds is 3. The first-order chi connectivity index (χ1) is 18.3. The second-order valence-electron chi connectivity index (χ2n) is 11.8. The quantitative estimate of drug-likeness (QED) is 0.373. The molecule has 0 aromatic carbocycles. The molecular weight excluding hydrogens is 518 g/mol. The Kier molecular flexibility index (Phi) is 10.3. The third kappa shape index (κ3) is 7.46. The number of amides is 2. The lowest BCUT2D eigenvalue weighted by molar-refractivity contribution is -0.154. The van der Waals surface area contributed by atoms with Crippen LogP contribution in [0.2, 0.25) is 0 Å². The lowest BCUT2D eigenvalue weighted by atomic mass is 9.73. The van der Waals surface area contributed by atoms with Gasteiger partial charge in [0.2, 0.25) is 0 Å². The Labute approximate surface area is 236 Å². The van der Waals surface area contributed by atoms with Crippen molar-refractivity contribution in [2.45, 2.75) is 111 Å². The standard InChI is InChI=1S/C29H45N3O6S/c1-8-30-28(37)32-21-11-9-10-16(2)26(35)18(4)27(36)29(6,7)24(33)14-25(34)38-23(13-22(21)32)17(3)12-20-15-39-19(5)31-20/h12,15-16,18,21-24,26,33,35H,8-11,13-14H2,1-7H3,(H,30,37)/t16-,18+,21+,22+,23-,24-,26-,32?/m1/s1. The molecule has 0 unspecified atom stereocenters. The van der Waals surface area contributed by atoms with Gasteiger partial charge in [0.1, 0.15) is 11.9 Å². The molecule has 2 aliphatic rings. The van der Waals surface area contributed by atoms with Gasteiger partial charge in [0.15, 0.2) is 0 Å². The minimum absolute atomic E-state index is 0.00658. The van der Waals surface area contributed by atoms with E-state index < -0.39 is 35.6 Å². The van der Waals surface area contributed by atoms with E-state index in [4.69, 9.17) is 4.74 Å². The number of cyclic esters (lactones) is 1. The molecule has 0 spiro atoms. The fourth-order valence-electron chi connectivity index (χ4n) is 5.64. The lowest BCUT2D eigenvalue weighted by Crippen LogP contribution is -2.45. The highest BCUT2D eigenvalue weighted by molar-refractivity contribution is 7.09. The van der Waals surface area contributed by atoms with Crippen LogP contribution in [0.4, 0.5) is 4.79 Å². The number of Topliss-reactive ketones (excluding diaryl/α,β-unsaturated/α-hetero) is 1. The second kappa shape index (κ2) is 12.9. The molecule has 2 amide bonds. The monoisotopic (exact) mass is 563 g/mol. The molecule has 3 heterocycles. The molecule has 2 saturated heterocycles. The third-order valence-corrected chi connectivity index (χ3v) is 9.17. The average Bonchev–Trinajstić information content (AvgIpc) is 3.39. The van der Waals surface area contributed by atoms with Crippen LogP contribution in [0.5, 0.6) is 0 Å². The Hall–Kier alpha value is -2.30. The first-order valence-electron chi connectivity index (χ1n) is 14.0. The van der Waals surface area contributed by atoms with Crippen molar-refractivity contribution >= 4 is 35.2 Å². The molecule has 9 nitrogen and oxygen atoms in total. The Bertz CT molecular complexity index is 1070. The van der Waals surface area contributed by atoms with Crippen LogP contribution in [-0.4, -0.2) is 74.8 Å². The van der Waals surface area contributed by atoms with Crippen molar-refractivity contribution in [2.24, 2.45) is 17.3 Å². The van der Waals surface area contributed by atoms with E-state index in [0.717, 1.165) is 29.1 Å². The predicted molar refractivity (Wildman–Crippen MR) is 151 cm³/mol. The van der Waals surface area contributed by atoms with E-state index in [1.165, 1.54) is 11.3 Å². The number of thiazole rings is 1. The number of esters is 1. The Morgan fingerprint density at radius 3 is 2.56 bits per heavy atom. The fourth-order valence-corrected chi connectivity index (χ4v) is 6.21. The normalized spacial score (nSPS) is 32.8. The van der Waals surface area contributed by atoms with Crippen molar-refractivity contribution in [1.29, 1.82) is 0 Å². The summed E-state index contributed by atoms with van der Waals surface area (Å²) in [4.78, 5) is 45.6. The number of aryl methyl sites for hydroxylation is 1. The van der Waals surface area contributed by atoms with Crippen molar-refractivity contribution in [2.75, 3.05) is 6.54 Å². The van der Waals surface area contributed by atoms with Gasteiger partial charge in [-0.15, -0.1) is 11.3 Å². The smallest absolute Gasteiger partial charge is 0.318 e. The zero-order valence-electron chi connectivity index (χ0n) is 24.3. The van der Waals surface area contributed by atoms with E-state index in [1.54, 1.807) is 20.8 Å². The predicted octanol–water partition coefficient (Wildman–Crippen LogP) is 4.10. The number of ether oxygens (including phenoxy) is 1. The minimum Gasteiger partial charge on any atom is -0.458 e. The Balaban J connectivity index is 1.92. The number of carbonyl (C=O) groups excluding carboxylic acids is 3. The molecule has 1 aromatic heterocycles. The van der Waals surface area contributed by atoms with Crippen LogP contribution >= 0.6 is 11.3 Å². The number of urea groups is 1. The van der Waals surface area contributed by atoms with E-state index >= 15 is 0 Å². The number of ketones is 1. The highest BCUT2D eigenvalue weighted by Gasteiger charge is 2.51. The minimum atomic E-state index is -1.28. The second-order valence-corrected chi connectivity index (χ2v) is 12.8. The highest BCUT2D eigenvalue weighted by atomic mass is 32.1. The van der Waals surface area contributed by atoms with Gasteiger partial charge in [0.25, 0.3) is 0 Å². The Morgan fingerprint density at radius 2 is 1.95 bits per heavy atom. The molecule has 0 radical (unpaired) electrons. The van der Waals surface area contributed by atoms with Crippen molar-refractivity contribution in [3.05, 3.63) is 21.7 Å². The molecule has 218 valence electrons. The summed E-state index contributed by atoms with van der Waals surface area (Å²) in [6, 6.07) is -0.255. The fraction of sp³-hybridized carbons (Fsp3) is 0.724. The number of nitrogens with one attached hydrogen (secondary N) is 1. The van der Waals surface area contributed by atoms with Gasteiger partial charge >= 0.3 is 12.0 Å². The maximum absolute atomic E-state index is 13.3. The van der Waals surface area contributed by atoms with E-state index in [0.29, 0.717) is 19.4 Å². The largest absolute Gasteiger partial charge is 0.458 e. The summed E-state index contributed by atoms with van der Waals surface area (Å²) >= 11 is 1.53. The number of hydrogen-bond acceptors (Lipinski definition) is 8. The molecule has 2 aliphatic heterocycles. The summed E-state index contributed by atoms with van der Waals surface area (Å²) in [5.74, 6) is -1.74. The van der Waals surface area contributed by atoms with Crippen LogP contribution in [-0.2, 0) is 14.3 Å². The van der Waals surface area contributed by atoms with Crippen LogP contribution in [0.1, 0.15) is 84.3 Å². The number of aliphatic hydroxyl groups excluding tert-OH is 2. The zero-order chi connectivity index (χ0) is 29.1. The maximum Gasteiger partial charge on any atom is 0.318 e. The first kappa shape index (κ1) is 31.2. The van der Waals surface area contributed by atoms with E-state index in [9.17, 15) is 24.6 Å². The number of hydrogen-bond donors (Lipinski definition) is 3. The molecule has 0 aliphatic carbocycles. The number of nitrogens with zero attached hydrogens (tertiary/aromatic N) is 2.